The van der Waals surface area contributed by atoms with Crippen molar-refractivity contribution in [2.75, 3.05) is 54.1 Å². The lowest BCUT2D eigenvalue weighted by Gasteiger charge is -2.42. The summed E-state index contributed by atoms with van der Waals surface area (Å²) < 4.78 is 32.8. The van der Waals surface area contributed by atoms with Crippen molar-refractivity contribution in [2.24, 2.45) is 5.92 Å². The Kier molecular flexibility index (Phi) is 8.26. The van der Waals surface area contributed by atoms with Crippen LogP contribution in [0.4, 0.5) is 4.39 Å². The Bertz CT molecular complexity index is 975. The zero-order valence-electron chi connectivity index (χ0n) is 20.1. The number of rotatable bonds is 9. The van der Waals surface area contributed by atoms with E-state index in [0.29, 0.717) is 12.1 Å². The summed E-state index contributed by atoms with van der Waals surface area (Å²) >= 11 is 1.71. The normalized spacial score (nSPS) is 19.1. The van der Waals surface area contributed by atoms with E-state index in [4.69, 9.17) is 14.2 Å². The maximum atomic E-state index is 13.1. The molecule has 0 saturated carbocycles. The second-order valence-corrected chi connectivity index (χ2v) is 9.93. The summed E-state index contributed by atoms with van der Waals surface area (Å²) in [4.78, 5) is 16.2. The van der Waals surface area contributed by atoms with Crippen LogP contribution in [0, 0.1) is 11.7 Å². The lowest BCUT2D eigenvalue weighted by Crippen LogP contribution is -2.45. The predicted molar refractivity (Wildman–Crippen MR) is 131 cm³/mol. The number of ether oxygens (including phenoxy) is 3. The number of carbonyl (C=O) groups is 1. The molecule has 2 aromatic rings. The molecule has 0 bridgehead atoms. The lowest BCUT2D eigenvalue weighted by molar-refractivity contribution is -0.223. The van der Waals surface area contributed by atoms with Crippen molar-refractivity contribution in [3.63, 3.8) is 0 Å². The van der Waals surface area contributed by atoms with Gasteiger partial charge in [0, 0.05) is 37.1 Å². The summed E-state index contributed by atoms with van der Waals surface area (Å²) in [6.45, 7) is 4.29. The lowest BCUT2D eigenvalue weighted by atomic mass is 9.89. The van der Waals surface area contributed by atoms with Crippen LogP contribution in [-0.2, 0) is 15.3 Å². The van der Waals surface area contributed by atoms with Gasteiger partial charge >= 0.3 is 0 Å². The molecular weight excluding hydrogens is 455 g/mol. The van der Waals surface area contributed by atoms with Crippen LogP contribution in [0.15, 0.2) is 47.4 Å². The number of benzene rings is 2. The molecule has 184 valence electrons. The number of carbonyl (C=O) groups excluding carboxylic acids is 1. The number of nitrogens with zero attached hydrogens (tertiary/aromatic N) is 2. The fourth-order valence-electron chi connectivity index (χ4n) is 4.90. The molecule has 1 fully saturated rings. The molecule has 2 aromatic carbocycles. The van der Waals surface area contributed by atoms with E-state index in [2.05, 4.69) is 15.3 Å². The smallest absolute Gasteiger partial charge is 0.213 e. The summed E-state index contributed by atoms with van der Waals surface area (Å²) in [6.07, 6.45) is 2.70. The van der Waals surface area contributed by atoms with Gasteiger partial charge in [-0.05, 0) is 87.2 Å². The predicted octanol–water partition coefficient (Wildman–Crippen LogP) is 4.59. The van der Waals surface area contributed by atoms with Gasteiger partial charge < -0.3 is 19.1 Å². The number of piperidine rings is 1. The van der Waals surface area contributed by atoms with Crippen LogP contribution in [0.25, 0.3) is 0 Å². The minimum Gasteiger partial charge on any atom is -0.496 e. The highest BCUT2D eigenvalue weighted by molar-refractivity contribution is 7.97. The molecule has 2 aliphatic rings. The first-order chi connectivity index (χ1) is 16.5. The number of halogens is 1. The van der Waals surface area contributed by atoms with Crippen molar-refractivity contribution in [3.8, 4) is 5.75 Å². The first-order valence-electron chi connectivity index (χ1n) is 11.7. The van der Waals surface area contributed by atoms with Crippen LogP contribution in [0.3, 0.4) is 0 Å². The monoisotopic (exact) mass is 488 g/mol. The molecule has 0 spiro atoms. The number of likely N-dealkylation sites (tertiary alicyclic amines) is 1. The number of hydrogen-bond acceptors (Lipinski definition) is 7. The van der Waals surface area contributed by atoms with Crippen LogP contribution in [0.5, 0.6) is 5.75 Å². The van der Waals surface area contributed by atoms with Crippen LogP contribution in [-0.4, -0.2) is 69.0 Å². The highest BCUT2D eigenvalue weighted by Crippen LogP contribution is 2.46. The molecule has 1 saturated heterocycles. The standard InChI is InChI=1S/C26H33FN2O4S/c1-31-22-6-4-7-23-24(22)26(32-2,33-3)18-29(34-23)15-5-14-28-16-12-20(13-17-28)25(30)19-8-10-21(27)11-9-19/h4,6-11,20H,5,12-18H2,1-3H3. The number of Topliss-reactive ketones (excluding diaryl/α,β-unsaturated/α-hetero) is 1. The second-order valence-electron chi connectivity index (χ2n) is 8.79. The highest BCUT2D eigenvalue weighted by atomic mass is 32.2. The van der Waals surface area contributed by atoms with Crippen LogP contribution >= 0.6 is 11.9 Å². The molecule has 34 heavy (non-hydrogen) atoms. The average molecular weight is 489 g/mol. The number of methoxy groups -OCH3 is 3. The van der Waals surface area contributed by atoms with Crippen molar-refractivity contribution >= 4 is 17.7 Å². The molecule has 0 radical (unpaired) electrons. The molecule has 6 nitrogen and oxygen atoms in total. The summed E-state index contributed by atoms with van der Waals surface area (Å²) in [5, 5.41) is 0. The SMILES string of the molecule is COc1cccc2c1C(OC)(OC)CN(CCCN1CCC(C(=O)c3ccc(F)cc3)CC1)S2. The Balaban J connectivity index is 1.29. The zero-order valence-corrected chi connectivity index (χ0v) is 20.9. The Morgan fingerprint density at radius 2 is 1.76 bits per heavy atom. The Morgan fingerprint density at radius 3 is 2.41 bits per heavy atom. The summed E-state index contributed by atoms with van der Waals surface area (Å²) in [7, 11) is 5.01. The van der Waals surface area contributed by atoms with Crippen molar-refractivity contribution < 1.29 is 23.4 Å². The quantitative estimate of drug-likeness (QED) is 0.291. The largest absolute Gasteiger partial charge is 0.496 e. The van der Waals surface area contributed by atoms with E-state index in [1.807, 2.05) is 12.1 Å². The summed E-state index contributed by atoms with van der Waals surface area (Å²) in [6, 6.07) is 11.9. The number of hydrogen-bond donors (Lipinski definition) is 0. The number of fused-ring (bicyclic) bond motifs is 1. The van der Waals surface area contributed by atoms with Crippen molar-refractivity contribution in [1.29, 1.82) is 0 Å². The molecule has 0 unspecified atom stereocenters. The summed E-state index contributed by atoms with van der Waals surface area (Å²) in [5.41, 5.74) is 1.55. The van der Waals surface area contributed by atoms with E-state index >= 15 is 0 Å². The second kappa shape index (κ2) is 11.2. The maximum absolute atomic E-state index is 13.1. The van der Waals surface area contributed by atoms with Gasteiger partial charge in [-0.25, -0.2) is 8.70 Å². The van der Waals surface area contributed by atoms with E-state index in [1.165, 1.54) is 12.1 Å². The van der Waals surface area contributed by atoms with Gasteiger partial charge in [-0.15, -0.1) is 0 Å². The van der Waals surface area contributed by atoms with Crippen molar-refractivity contribution in [1.82, 2.24) is 9.21 Å². The molecule has 0 aromatic heterocycles. The first kappa shape index (κ1) is 25.1. The van der Waals surface area contributed by atoms with Crippen molar-refractivity contribution in [3.05, 3.63) is 59.4 Å². The van der Waals surface area contributed by atoms with Gasteiger partial charge in [0.25, 0.3) is 0 Å². The first-order valence-corrected chi connectivity index (χ1v) is 12.5. The molecule has 0 amide bonds. The third kappa shape index (κ3) is 5.31. The van der Waals surface area contributed by atoms with Gasteiger partial charge in [0.1, 0.15) is 11.6 Å². The van der Waals surface area contributed by atoms with E-state index in [-0.39, 0.29) is 17.5 Å². The summed E-state index contributed by atoms with van der Waals surface area (Å²) in [5.74, 6) is -0.254. The van der Waals surface area contributed by atoms with Gasteiger partial charge in [-0.2, -0.15) is 0 Å². The molecular formula is C26H33FN2O4S. The molecule has 0 aliphatic carbocycles. The van der Waals surface area contributed by atoms with Gasteiger partial charge in [0.05, 0.1) is 19.2 Å². The van der Waals surface area contributed by atoms with Crippen LogP contribution in [0.2, 0.25) is 0 Å². The number of ketones is 1. The molecule has 4 rings (SSSR count). The minimum atomic E-state index is -0.869. The van der Waals surface area contributed by atoms with Gasteiger partial charge in [-0.3, -0.25) is 4.79 Å². The topological polar surface area (TPSA) is 51.2 Å². The molecule has 8 heteroatoms. The van der Waals surface area contributed by atoms with Gasteiger partial charge in [0.2, 0.25) is 5.79 Å². The van der Waals surface area contributed by atoms with E-state index < -0.39 is 5.79 Å². The molecule has 2 heterocycles. The van der Waals surface area contributed by atoms with Gasteiger partial charge in [-0.1, -0.05) is 6.07 Å². The molecule has 0 atom stereocenters. The van der Waals surface area contributed by atoms with Crippen LogP contribution in [0.1, 0.15) is 35.2 Å². The molecule has 2 aliphatic heterocycles. The maximum Gasteiger partial charge on any atom is 0.213 e. The van der Waals surface area contributed by atoms with Crippen molar-refractivity contribution in [2.45, 2.75) is 29.9 Å². The van der Waals surface area contributed by atoms with Gasteiger partial charge in [0.15, 0.2) is 5.78 Å². The van der Waals surface area contributed by atoms with E-state index in [0.717, 1.165) is 61.6 Å². The van der Waals surface area contributed by atoms with Crippen LogP contribution < -0.4 is 4.74 Å². The fraction of sp³-hybridized carbons (Fsp3) is 0.500. The Morgan fingerprint density at radius 1 is 1.06 bits per heavy atom. The highest BCUT2D eigenvalue weighted by Gasteiger charge is 2.43. The minimum absolute atomic E-state index is 0.0230. The Hall–Kier alpha value is -1.97. The average Bonchev–Trinajstić information content (AvgIpc) is 2.88. The fourth-order valence-corrected chi connectivity index (χ4v) is 6.12. The van der Waals surface area contributed by atoms with E-state index in [9.17, 15) is 9.18 Å². The zero-order chi connectivity index (χ0) is 24.1. The van der Waals surface area contributed by atoms with E-state index in [1.54, 1.807) is 45.4 Å². The Labute approximate surface area is 205 Å². The third-order valence-electron chi connectivity index (χ3n) is 6.83. The third-order valence-corrected chi connectivity index (χ3v) is 7.94. The molecule has 0 N–H and O–H groups in total.